The Labute approximate surface area is 176 Å². The highest BCUT2D eigenvalue weighted by molar-refractivity contribution is 7.96. The summed E-state index contributed by atoms with van der Waals surface area (Å²) in [5.41, 5.74) is 5.46. The number of hydrogen-bond donors (Lipinski definition) is 0. The molecule has 0 atom stereocenters. The minimum Gasteiger partial charge on any atom is -0.219 e. The van der Waals surface area contributed by atoms with Crippen LogP contribution in [0, 0.1) is 0 Å². The van der Waals surface area contributed by atoms with Crippen LogP contribution in [-0.2, 0) is 15.3 Å². The zero-order valence-electron chi connectivity index (χ0n) is 16.1. The lowest BCUT2D eigenvalue weighted by atomic mass is 9.86. The fraction of sp³-hybridized carbons (Fsp3) is 0.0370. The Morgan fingerprint density at radius 3 is 1.57 bits per heavy atom. The maximum Gasteiger partial charge on any atom is 0.204 e. The first-order valence-electron chi connectivity index (χ1n) is 9.97. The van der Waals surface area contributed by atoms with Gasteiger partial charge in [0, 0.05) is 0 Å². The lowest BCUT2D eigenvalue weighted by Crippen LogP contribution is -2.16. The van der Waals surface area contributed by atoms with Crippen LogP contribution in [0.1, 0.15) is 16.7 Å². The van der Waals surface area contributed by atoms with Gasteiger partial charge < -0.3 is 0 Å². The van der Waals surface area contributed by atoms with Gasteiger partial charge in [-0.3, -0.25) is 0 Å². The van der Waals surface area contributed by atoms with E-state index in [-0.39, 0.29) is 0 Å². The quantitative estimate of drug-likeness (QED) is 0.428. The van der Waals surface area contributed by atoms with E-state index in [9.17, 15) is 8.42 Å². The summed E-state index contributed by atoms with van der Waals surface area (Å²) in [6.07, 6.45) is 0. The highest BCUT2D eigenvalue weighted by Crippen LogP contribution is 2.71. The number of fused-ring (bicyclic) bond motifs is 5. The number of benzene rings is 4. The van der Waals surface area contributed by atoms with Gasteiger partial charge in [-0.05, 0) is 45.5 Å². The second-order valence-electron chi connectivity index (χ2n) is 7.73. The molecule has 0 radical (unpaired) electrons. The molecule has 2 aliphatic carbocycles. The Morgan fingerprint density at radius 1 is 0.533 bits per heavy atom. The summed E-state index contributed by atoms with van der Waals surface area (Å²) in [7, 11) is -3.66. The first-order chi connectivity index (χ1) is 14.7. The fourth-order valence-electron chi connectivity index (χ4n) is 5.01. The average Bonchev–Trinajstić information content (AvgIpc) is 3.44. The fourth-order valence-corrected chi connectivity index (χ4v) is 6.98. The van der Waals surface area contributed by atoms with Crippen LogP contribution in [0.25, 0.3) is 16.7 Å². The first kappa shape index (κ1) is 17.4. The minimum absolute atomic E-state index is 0.340. The van der Waals surface area contributed by atoms with Crippen molar-refractivity contribution in [1.29, 1.82) is 0 Å². The molecule has 0 N–H and O–H groups in total. The van der Waals surface area contributed by atoms with Crippen molar-refractivity contribution < 1.29 is 8.42 Å². The molecule has 0 aliphatic heterocycles. The summed E-state index contributed by atoms with van der Waals surface area (Å²) < 4.78 is 27.8. The molecule has 0 amide bonds. The zero-order chi connectivity index (χ0) is 20.3. The molecule has 0 unspecified atom stereocenters. The van der Waals surface area contributed by atoms with Gasteiger partial charge >= 0.3 is 0 Å². The molecule has 0 aromatic heterocycles. The van der Waals surface area contributed by atoms with Crippen molar-refractivity contribution in [2.45, 2.75) is 10.3 Å². The van der Waals surface area contributed by atoms with Crippen molar-refractivity contribution in [3.8, 4) is 11.1 Å². The molecule has 0 saturated carbocycles. The molecule has 30 heavy (non-hydrogen) atoms. The third-order valence-corrected chi connectivity index (χ3v) is 8.16. The Bertz CT molecular complexity index is 1390. The van der Waals surface area contributed by atoms with Crippen LogP contribution in [0.2, 0.25) is 0 Å². The summed E-state index contributed by atoms with van der Waals surface area (Å²) >= 11 is 0. The van der Waals surface area contributed by atoms with Gasteiger partial charge in [0.1, 0.15) is 0 Å². The molecule has 144 valence electrons. The van der Waals surface area contributed by atoms with Gasteiger partial charge in [0.15, 0.2) is 0 Å². The standard InChI is InChI=1S/C27H18O2S/c28-30(29,20-13-5-2-6-14-20)26-25(19-11-3-1-4-12-19)27(26)23-17-9-7-15-21(23)22-16-8-10-18-24(22)27/h1-18H. The molecule has 0 saturated heterocycles. The van der Waals surface area contributed by atoms with E-state index in [1.165, 1.54) is 0 Å². The number of hydrogen-bond acceptors (Lipinski definition) is 2. The molecule has 6 rings (SSSR count). The van der Waals surface area contributed by atoms with E-state index in [0.717, 1.165) is 33.4 Å². The first-order valence-corrected chi connectivity index (χ1v) is 11.5. The molecule has 2 nitrogen and oxygen atoms in total. The van der Waals surface area contributed by atoms with Crippen LogP contribution in [0.4, 0.5) is 0 Å². The maximum absolute atomic E-state index is 13.9. The number of sulfone groups is 1. The molecule has 4 aromatic rings. The monoisotopic (exact) mass is 406 g/mol. The van der Waals surface area contributed by atoms with E-state index >= 15 is 0 Å². The Kier molecular flexibility index (Phi) is 3.51. The van der Waals surface area contributed by atoms with E-state index in [1.807, 2.05) is 60.7 Å². The van der Waals surface area contributed by atoms with E-state index in [1.54, 1.807) is 24.3 Å². The summed E-state index contributed by atoms with van der Waals surface area (Å²) in [5.74, 6) is 0. The van der Waals surface area contributed by atoms with Crippen molar-refractivity contribution in [3.63, 3.8) is 0 Å². The average molecular weight is 407 g/mol. The zero-order valence-corrected chi connectivity index (χ0v) is 16.9. The lowest BCUT2D eigenvalue weighted by Gasteiger charge is -2.17. The van der Waals surface area contributed by atoms with Gasteiger partial charge in [-0.25, -0.2) is 8.42 Å². The van der Waals surface area contributed by atoms with Crippen LogP contribution in [-0.4, -0.2) is 8.42 Å². The second kappa shape index (κ2) is 6.04. The summed E-state index contributed by atoms with van der Waals surface area (Å²) in [5, 5.41) is 0. The predicted octanol–water partition coefficient (Wildman–Crippen LogP) is 5.85. The van der Waals surface area contributed by atoms with Crippen LogP contribution < -0.4 is 0 Å². The van der Waals surface area contributed by atoms with E-state index in [2.05, 4.69) is 24.3 Å². The molecule has 2 aliphatic rings. The van der Waals surface area contributed by atoms with Gasteiger partial charge in [0.25, 0.3) is 0 Å². The Hall–Kier alpha value is -3.43. The maximum atomic E-state index is 13.9. The number of allylic oxidation sites excluding steroid dienone is 2. The second-order valence-corrected chi connectivity index (χ2v) is 9.61. The van der Waals surface area contributed by atoms with E-state index in [0.29, 0.717) is 9.80 Å². The smallest absolute Gasteiger partial charge is 0.204 e. The molecule has 4 aromatic carbocycles. The molecule has 1 spiro atoms. The van der Waals surface area contributed by atoms with Crippen LogP contribution >= 0.6 is 0 Å². The summed E-state index contributed by atoms with van der Waals surface area (Å²) in [6.45, 7) is 0. The van der Waals surface area contributed by atoms with Crippen LogP contribution in [0.15, 0.2) is 119 Å². The highest BCUT2D eigenvalue weighted by atomic mass is 32.2. The molecule has 0 bridgehead atoms. The van der Waals surface area contributed by atoms with Gasteiger partial charge in [-0.15, -0.1) is 0 Å². The SMILES string of the molecule is O=S(=O)(C1=C(c2ccccc2)C12c1ccccc1-c1ccccc12)c1ccccc1. The topological polar surface area (TPSA) is 34.1 Å². The van der Waals surface area contributed by atoms with Crippen LogP contribution in [0.5, 0.6) is 0 Å². The highest BCUT2D eigenvalue weighted by Gasteiger charge is 2.65. The number of rotatable bonds is 3. The normalized spacial score (nSPS) is 15.7. The molecular formula is C27H18O2S. The van der Waals surface area contributed by atoms with Crippen molar-refractivity contribution >= 4 is 15.4 Å². The van der Waals surface area contributed by atoms with Crippen molar-refractivity contribution in [2.75, 3.05) is 0 Å². The molecule has 0 fully saturated rings. The van der Waals surface area contributed by atoms with E-state index in [4.69, 9.17) is 0 Å². The van der Waals surface area contributed by atoms with Crippen molar-refractivity contribution in [3.05, 3.63) is 131 Å². The Balaban J connectivity index is 1.70. The third kappa shape index (κ3) is 2.10. The summed E-state index contributed by atoms with van der Waals surface area (Å²) in [6, 6.07) is 35.1. The van der Waals surface area contributed by atoms with Crippen molar-refractivity contribution in [2.24, 2.45) is 0 Å². The van der Waals surface area contributed by atoms with Gasteiger partial charge in [0.2, 0.25) is 9.84 Å². The van der Waals surface area contributed by atoms with Gasteiger partial charge in [0.05, 0.1) is 15.2 Å². The minimum atomic E-state index is -3.66. The Morgan fingerprint density at radius 2 is 1.00 bits per heavy atom. The predicted molar refractivity (Wildman–Crippen MR) is 120 cm³/mol. The van der Waals surface area contributed by atoms with Gasteiger partial charge in [-0.2, -0.15) is 0 Å². The molecule has 3 heteroatoms. The summed E-state index contributed by atoms with van der Waals surface area (Å²) in [4.78, 5) is 0.844. The van der Waals surface area contributed by atoms with Gasteiger partial charge in [-0.1, -0.05) is 97.1 Å². The van der Waals surface area contributed by atoms with E-state index < -0.39 is 15.3 Å². The molecule has 0 heterocycles. The lowest BCUT2D eigenvalue weighted by molar-refractivity contribution is 0.601. The molecular weight excluding hydrogens is 388 g/mol. The largest absolute Gasteiger partial charge is 0.219 e. The third-order valence-electron chi connectivity index (χ3n) is 6.22. The van der Waals surface area contributed by atoms with Crippen LogP contribution in [0.3, 0.4) is 0 Å². The van der Waals surface area contributed by atoms with Crippen molar-refractivity contribution in [1.82, 2.24) is 0 Å².